The van der Waals surface area contributed by atoms with E-state index < -0.39 is 0 Å². The normalized spacial score (nSPS) is 22.8. The van der Waals surface area contributed by atoms with Crippen molar-refractivity contribution in [2.45, 2.75) is 25.7 Å². The lowest BCUT2D eigenvalue weighted by atomic mass is 10.1. The van der Waals surface area contributed by atoms with Crippen LogP contribution in [-0.2, 0) is 9.53 Å². The Balaban J connectivity index is 1.59. The van der Waals surface area contributed by atoms with Crippen LogP contribution in [-0.4, -0.2) is 37.2 Å². The van der Waals surface area contributed by atoms with Gasteiger partial charge in [0, 0.05) is 19.7 Å². The first-order chi connectivity index (χ1) is 9.83. The van der Waals surface area contributed by atoms with Crippen LogP contribution < -0.4 is 10.2 Å². The molecule has 1 atom stereocenters. The van der Waals surface area contributed by atoms with Gasteiger partial charge in [0.25, 0.3) is 0 Å². The molecule has 1 N–H and O–H groups in total. The number of carbonyl (C=O) groups is 1. The van der Waals surface area contributed by atoms with Crippen LogP contribution in [0.2, 0.25) is 0 Å². The number of ether oxygens (including phenoxy) is 1. The Morgan fingerprint density at radius 1 is 1.30 bits per heavy atom. The first kappa shape index (κ1) is 13.4. The summed E-state index contributed by atoms with van der Waals surface area (Å²) in [7, 11) is 0. The zero-order valence-electron chi connectivity index (χ0n) is 11.7. The molecule has 0 aromatic carbocycles. The molecule has 0 bridgehead atoms. The molecule has 5 nitrogen and oxygen atoms in total. The Labute approximate surface area is 119 Å². The van der Waals surface area contributed by atoms with Crippen molar-refractivity contribution in [2.24, 2.45) is 5.92 Å². The van der Waals surface area contributed by atoms with Crippen LogP contribution in [0.25, 0.3) is 0 Å². The van der Waals surface area contributed by atoms with Crippen LogP contribution in [0.1, 0.15) is 25.7 Å². The number of hydrogen-bond donors (Lipinski definition) is 1. The Hall–Kier alpha value is -1.62. The van der Waals surface area contributed by atoms with Crippen LogP contribution in [0.15, 0.2) is 18.3 Å². The number of carbonyl (C=O) groups excluding carboxylic acids is 1. The van der Waals surface area contributed by atoms with E-state index in [1.807, 2.05) is 12.1 Å². The predicted octanol–water partition coefficient (Wildman–Crippen LogP) is 2.05. The summed E-state index contributed by atoms with van der Waals surface area (Å²) < 4.78 is 5.23. The van der Waals surface area contributed by atoms with Crippen molar-refractivity contribution >= 4 is 17.4 Å². The van der Waals surface area contributed by atoms with Crippen molar-refractivity contribution in [1.29, 1.82) is 0 Å². The van der Waals surface area contributed by atoms with Crippen LogP contribution in [0.5, 0.6) is 0 Å². The van der Waals surface area contributed by atoms with E-state index >= 15 is 0 Å². The highest BCUT2D eigenvalue weighted by Crippen LogP contribution is 2.20. The summed E-state index contributed by atoms with van der Waals surface area (Å²) in [5, 5.41) is 2.91. The van der Waals surface area contributed by atoms with Gasteiger partial charge in [-0.15, -0.1) is 0 Å². The minimum absolute atomic E-state index is 0.0169. The van der Waals surface area contributed by atoms with Gasteiger partial charge in [-0.2, -0.15) is 0 Å². The molecule has 0 aliphatic carbocycles. The van der Waals surface area contributed by atoms with E-state index in [4.69, 9.17) is 4.74 Å². The first-order valence-electron chi connectivity index (χ1n) is 7.42. The molecule has 108 valence electrons. The van der Waals surface area contributed by atoms with Gasteiger partial charge in [0.2, 0.25) is 5.91 Å². The number of nitrogens with zero attached hydrogens (tertiary/aromatic N) is 2. The standard InChI is InChI=1S/C15H21N3O2/c19-15(12-6-9-20-11-12)17-13-4-5-14(16-10-13)18-7-2-1-3-8-18/h4-5,10,12H,1-3,6-9,11H2,(H,17,19). The Bertz CT molecular complexity index is 449. The molecule has 0 saturated carbocycles. The van der Waals surface area contributed by atoms with Gasteiger partial charge >= 0.3 is 0 Å². The third kappa shape index (κ3) is 3.10. The van der Waals surface area contributed by atoms with Crippen LogP contribution >= 0.6 is 0 Å². The molecule has 2 aliphatic heterocycles. The topological polar surface area (TPSA) is 54.5 Å². The second-order valence-corrected chi connectivity index (χ2v) is 5.50. The van der Waals surface area contributed by atoms with E-state index in [0.29, 0.717) is 13.2 Å². The fourth-order valence-electron chi connectivity index (χ4n) is 2.76. The zero-order valence-corrected chi connectivity index (χ0v) is 11.7. The maximum atomic E-state index is 12.0. The van der Waals surface area contributed by atoms with E-state index in [1.54, 1.807) is 6.20 Å². The highest BCUT2D eigenvalue weighted by Gasteiger charge is 2.23. The summed E-state index contributed by atoms with van der Waals surface area (Å²) >= 11 is 0. The molecule has 1 aromatic rings. The van der Waals surface area contributed by atoms with E-state index in [0.717, 1.165) is 31.0 Å². The Morgan fingerprint density at radius 3 is 2.80 bits per heavy atom. The summed E-state index contributed by atoms with van der Waals surface area (Å²) in [5.41, 5.74) is 0.766. The van der Waals surface area contributed by atoms with E-state index in [1.165, 1.54) is 19.3 Å². The monoisotopic (exact) mass is 275 g/mol. The van der Waals surface area contributed by atoms with Crippen LogP contribution in [0, 0.1) is 5.92 Å². The van der Waals surface area contributed by atoms with Gasteiger partial charge in [0.05, 0.1) is 24.4 Å². The highest BCUT2D eigenvalue weighted by molar-refractivity contribution is 5.92. The molecule has 2 saturated heterocycles. The molecule has 2 aliphatic rings. The Morgan fingerprint density at radius 2 is 2.15 bits per heavy atom. The second kappa shape index (κ2) is 6.22. The molecule has 0 spiro atoms. The zero-order chi connectivity index (χ0) is 13.8. The van der Waals surface area contributed by atoms with E-state index in [-0.39, 0.29) is 11.8 Å². The molecular formula is C15H21N3O2. The van der Waals surface area contributed by atoms with Gasteiger partial charge in [-0.1, -0.05) is 0 Å². The first-order valence-corrected chi connectivity index (χ1v) is 7.42. The maximum Gasteiger partial charge on any atom is 0.229 e. The molecule has 2 fully saturated rings. The van der Waals surface area contributed by atoms with Crippen molar-refractivity contribution in [3.8, 4) is 0 Å². The quantitative estimate of drug-likeness (QED) is 0.917. The summed E-state index contributed by atoms with van der Waals surface area (Å²) in [6.45, 7) is 3.38. The number of nitrogens with one attached hydrogen (secondary N) is 1. The molecule has 1 aromatic heterocycles. The fourth-order valence-corrected chi connectivity index (χ4v) is 2.76. The average molecular weight is 275 g/mol. The molecule has 3 rings (SSSR count). The molecule has 3 heterocycles. The predicted molar refractivity (Wildman–Crippen MR) is 77.9 cm³/mol. The van der Waals surface area contributed by atoms with Gasteiger partial charge < -0.3 is 15.0 Å². The van der Waals surface area contributed by atoms with Crippen LogP contribution in [0.3, 0.4) is 0 Å². The summed E-state index contributed by atoms with van der Waals surface area (Å²) in [6.07, 6.45) is 6.35. The van der Waals surface area contributed by atoms with E-state index in [2.05, 4.69) is 15.2 Å². The van der Waals surface area contributed by atoms with Gasteiger partial charge in [0.15, 0.2) is 0 Å². The average Bonchev–Trinajstić information content (AvgIpc) is 3.03. The van der Waals surface area contributed by atoms with Crippen molar-refractivity contribution in [3.05, 3.63) is 18.3 Å². The van der Waals surface area contributed by atoms with Gasteiger partial charge in [-0.25, -0.2) is 4.98 Å². The summed E-state index contributed by atoms with van der Waals surface area (Å²) in [4.78, 5) is 18.7. The number of piperidine rings is 1. The lowest BCUT2D eigenvalue weighted by Gasteiger charge is -2.27. The third-order valence-electron chi connectivity index (χ3n) is 4.00. The minimum atomic E-state index is -0.0169. The molecule has 5 heteroatoms. The van der Waals surface area contributed by atoms with Gasteiger partial charge in [0.1, 0.15) is 5.82 Å². The highest BCUT2D eigenvalue weighted by atomic mass is 16.5. The number of amides is 1. The second-order valence-electron chi connectivity index (χ2n) is 5.50. The number of anilines is 2. The number of hydrogen-bond acceptors (Lipinski definition) is 4. The van der Waals surface area contributed by atoms with Crippen LogP contribution in [0.4, 0.5) is 11.5 Å². The largest absolute Gasteiger partial charge is 0.381 e. The minimum Gasteiger partial charge on any atom is -0.381 e. The molecule has 1 unspecified atom stereocenters. The molecule has 1 amide bonds. The van der Waals surface area contributed by atoms with Gasteiger partial charge in [-0.3, -0.25) is 4.79 Å². The summed E-state index contributed by atoms with van der Waals surface area (Å²) in [5.74, 6) is 1.03. The SMILES string of the molecule is O=C(Nc1ccc(N2CCCCC2)nc1)C1CCOC1. The number of pyridine rings is 1. The van der Waals surface area contributed by atoms with Crippen molar-refractivity contribution in [2.75, 3.05) is 36.5 Å². The van der Waals surface area contributed by atoms with Gasteiger partial charge in [-0.05, 0) is 37.8 Å². The lowest BCUT2D eigenvalue weighted by molar-refractivity contribution is -0.119. The smallest absolute Gasteiger partial charge is 0.229 e. The molecule has 0 radical (unpaired) electrons. The number of aromatic nitrogens is 1. The Kier molecular flexibility index (Phi) is 4.16. The van der Waals surface area contributed by atoms with E-state index in [9.17, 15) is 4.79 Å². The fraction of sp³-hybridized carbons (Fsp3) is 0.600. The lowest BCUT2D eigenvalue weighted by Crippen LogP contribution is -2.30. The molecule has 20 heavy (non-hydrogen) atoms. The maximum absolute atomic E-state index is 12.0. The van der Waals surface area contributed by atoms with Crippen molar-refractivity contribution in [1.82, 2.24) is 4.98 Å². The number of rotatable bonds is 3. The molecular weight excluding hydrogens is 254 g/mol. The van der Waals surface area contributed by atoms with Crippen molar-refractivity contribution in [3.63, 3.8) is 0 Å². The third-order valence-corrected chi connectivity index (χ3v) is 4.00. The van der Waals surface area contributed by atoms with Crippen molar-refractivity contribution < 1.29 is 9.53 Å². The summed E-state index contributed by atoms with van der Waals surface area (Å²) in [6, 6.07) is 3.93.